The highest BCUT2D eigenvalue weighted by molar-refractivity contribution is 7.58. The average Bonchev–Trinajstić information content (AvgIpc) is 2.78. The van der Waals surface area contributed by atoms with Crippen molar-refractivity contribution in [2.75, 3.05) is 26.5 Å². The van der Waals surface area contributed by atoms with Crippen LogP contribution in [0.15, 0.2) is 23.4 Å². The number of allylic oxidation sites excluding steroid dienone is 1. The van der Waals surface area contributed by atoms with Gasteiger partial charge in [-0.2, -0.15) is 0 Å². The third-order valence-electron chi connectivity index (χ3n) is 6.04. The first-order chi connectivity index (χ1) is 12.6. The molecule has 0 fully saturated rings. The van der Waals surface area contributed by atoms with E-state index in [0.717, 1.165) is 48.9 Å². The lowest BCUT2D eigenvalue weighted by Crippen LogP contribution is -2.42. The van der Waals surface area contributed by atoms with E-state index < -0.39 is 7.92 Å². The van der Waals surface area contributed by atoms with Crippen LogP contribution in [0.25, 0.3) is 0 Å². The molecule has 0 aromatic heterocycles. The van der Waals surface area contributed by atoms with Gasteiger partial charge in [0.1, 0.15) is 0 Å². The van der Waals surface area contributed by atoms with Gasteiger partial charge in [0.25, 0.3) is 5.91 Å². The Morgan fingerprint density at radius 2 is 1.74 bits per heavy atom. The summed E-state index contributed by atoms with van der Waals surface area (Å²) >= 11 is 0. The molecule has 0 aromatic rings. The normalized spacial score (nSPS) is 17.3. The highest BCUT2D eigenvalue weighted by Gasteiger charge is 2.44. The molecule has 0 aromatic carbocycles. The van der Waals surface area contributed by atoms with Crippen molar-refractivity contribution in [2.24, 2.45) is 5.92 Å². The first kappa shape index (κ1) is 23.9. The molecule has 1 atom stereocenters. The molecule has 1 heterocycles. The highest BCUT2D eigenvalue weighted by atomic mass is 31.1. The van der Waals surface area contributed by atoms with Crippen molar-refractivity contribution in [2.45, 2.75) is 71.9 Å². The van der Waals surface area contributed by atoms with Crippen LogP contribution in [-0.4, -0.2) is 48.4 Å². The minimum atomic E-state index is -0.403. The van der Waals surface area contributed by atoms with Crippen LogP contribution in [-0.2, 0) is 14.3 Å². The summed E-state index contributed by atoms with van der Waals surface area (Å²) in [5, 5.41) is -0.325. The fourth-order valence-electron chi connectivity index (χ4n) is 3.96. The standard InChI is InChI=1S/C22H38NO3P/c1-9-22(16(2)3,27(7)8)21(25)26-15-13-11-10-12-14-23-19(6)17(4)18(5)20(23)24/h16H,6,9-15H2,1-5,7-8H3. The van der Waals surface area contributed by atoms with Gasteiger partial charge in [0.2, 0.25) is 0 Å². The van der Waals surface area contributed by atoms with Crippen molar-refractivity contribution in [3.8, 4) is 0 Å². The largest absolute Gasteiger partial charge is 0.465 e. The van der Waals surface area contributed by atoms with Crippen molar-refractivity contribution in [3.05, 3.63) is 23.4 Å². The number of esters is 1. The number of hydrogen-bond acceptors (Lipinski definition) is 3. The Kier molecular flexibility index (Phi) is 9.21. The molecule has 1 rings (SSSR count). The third kappa shape index (κ3) is 5.22. The van der Waals surface area contributed by atoms with Crippen molar-refractivity contribution >= 4 is 19.8 Å². The van der Waals surface area contributed by atoms with E-state index >= 15 is 0 Å². The summed E-state index contributed by atoms with van der Waals surface area (Å²) < 4.78 is 5.66. The van der Waals surface area contributed by atoms with Gasteiger partial charge in [-0.05, 0) is 64.4 Å². The van der Waals surface area contributed by atoms with Crippen LogP contribution >= 0.6 is 7.92 Å². The lowest BCUT2D eigenvalue weighted by molar-refractivity contribution is -0.148. The van der Waals surface area contributed by atoms with E-state index in [0.29, 0.717) is 19.1 Å². The lowest BCUT2D eigenvalue weighted by atomic mass is 9.92. The number of ether oxygens (including phenoxy) is 1. The summed E-state index contributed by atoms with van der Waals surface area (Å²) in [7, 11) is -0.403. The molecule has 1 aliphatic heterocycles. The van der Waals surface area contributed by atoms with Crippen LogP contribution in [0.5, 0.6) is 0 Å². The SMILES string of the molecule is C=C1C(C)=C(C)C(=O)N1CCCCCCOC(=O)C(CC)(C(C)C)P(C)C. The van der Waals surface area contributed by atoms with Crippen LogP contribution in [0, 0.1) is 5.92 Å². The van der Waals surface area contributed by atoms with Gasteiger partial charge < -0.3 is 9.64 Å². The second-order valence-corrected chi connectivity index (χ2v) is 10.6. The number of nitrogens with zero attached hydrogens (tertiary/aromatic N) is 1. The molecule has 0 spiro atoms. The molecular weight excluding hydrogens is 357 g/mol. The average molecular weight is 396 g/mol. The van der Waals surface area contributed by atoms with Crippen molar-refractivity contribution in [1.82, 2.24) is 4.90 Å². The zero-order chi connectivity index (χ0) is 20.8. The van der Waals surface area contributed by atoms with Crippen molar-refractivity contribution < 1.29 is 14.3 Å². The molecule has 1 amide bonds. The van der Waals surface area contributed by atoms with Gasteiger partial charge >= 0.3 is 5.97 Å². The molecule has 154 valence electrons. The topological polar surface area (TPSA) is 46.6 Å². The van der Waals surface area contributed by atoms with Crippen LogP contribution in [0.3, 0.4) is 0 Å². The molecule has 0 radical (unpaired) electrons. The number of unbranched alkanes of at least 4 members (excludes halogenated alkanes) is 3. The van der Waals surface area contributed by atoms with E-state index in [-0.39, 0.29) is 17.0 Å². The number of amides is 1. The summed E-state index contributed by atoms with van der Waals surface area (Å²) in [6, 6.07) is 0. The Morgan fingerprint density at radius 1 is 1.15 bits per heavy atom. The Balaban J connectivity index is 2.31. The number of hydrogen-bond donors (Lipinski definition) is 0. The molecular formula is C22H38NO3P. The quantitative estimate of drug-likeness (QED) is 0.270. The van der Waals surface area contributed by atoms with E-state index in [4.69, 9.17) is 4.74 Å². The monoisotopic (exact) mass is 395 g/mol. The zero-order valence-electron chi connectivity index (χ0n) is 18.4. The van der Waals surface area contributed by atoms with E-state index in [2.05, 4.69) is 40.7 Å². The Bertz CT molecular complexity index is 560. The summed E-state index contributed by atoms with van der Waals surface area (Å²) in [5.41, 5.74) is 2.65. The van der Waals surface area contributed by atoms with Crippen LogP contribution < -0.4 is 0 Å². The third-order valence-corrected chi connectivity index (χ3v) is 8.65. The number of carbonyl (C=O) groups is 2. The minimum absolute atomic E-state index is 0.0212. The first-order valence-corrected chi connectivity index (χ1v) is 12.4. The van der Waals surface area contributed by atoms with E-state index in [9.17, 15) is 9.59 Å². The minimum Gasteiger partial charge on any atom is -0.465 e. The first-order valence-electron chi connectivity index (χ1n) is 10.1. The van der Waals surface area contributed by atoms with Crippen LogP contribution in [0.1, 0.15) is 66.7 Å². The van der Waals surface area contributed by atoms with Gasteiger partial charge in [-0.15, -0.1) is 0 Å². The Labute approximate surface area is 167 Å². The molecule has 0 saturated heterocycles. The lowest BCUT2D eigenvalue weighted by Gasteiger charge is -2.38. The van der Waals surface area contributed by atoms with Crippen LogP contribution in [0.4, 0.5) is 0 Å². The summed E-state index contributed by atoms with van der Waals surface area (Å²) in [4.78, 5) is 26.6. The molecule has 1 unspecified atom stereocenters. The predicted octanol–water partition coefficient (Wildman–Crippen LogP) is 5.33. The molecule has 0 N–H and O–H groups in total. The van der Waals surface area contributed by atoms with Gasteiger partial charge in [0, 0.05) is 17.8 Å². The maximum absolute atomic E-state index is 12.7. The Morgan fingerprint density at radius 3 is 2.19 bits per heavy atom. The maximum atomic E-state index is 12.7. The van der Waals surface area contributed by atoms with Gasteiger partial charge in [0.05, 0.1) is 11.8 Å². The summed E-state index contributed by atoms with van der Waals surface area (Å²) in [6.07, 6.45) is 4.67. The highest BCUT2D eigenvalue weighted by Crippen LogP contribution is 2.51. The predicted molar refractivity (Wildman–Crippen MR) is 115 cm³/mol. The van der Waals surface area contributed by atoms with Gasteiger partial charge in [-0.3, -0.25) is 9.59 Å². The smallest absolute Gasteiger partial charge is 0.316 e. The second kappa shape index (κ2) is 10.4. The van der Waals surface area contributed by atoms with Crippen LogP contribution in [0.2, 0.25) is 0 Å². The summed E-state index contributed by atoms with van der Waals surface area (Å²) in [5.74, 6) is 0.362. The number of carbonyl (C=O) groups excluding carboxylic acids is 2. The second-order valence-electron chi connectivity index (χ2n) is 8.03. The fourth-order valence-corrected chi connectivity index (χ4v) is 6.05. The molecule has 4 nitrogen and oxygen atoms in total. The van der Waals surface area contributed by atoms with Crippen molar-refractivity contribution in [3.63, 3.8) is 0 Å². The van der Waals surface area contributed by atoms with Gasteiger partial charge in [-0.1, -0.05) is 41.7 Å². The van der Waals surface area contributed by atoms with Crippen molar-refractivity contribution in [1.29, 1.82) is 0 Å². The summed E-state index contributed by atoms with van der Waals surface area (Å²) in [6.45, 7) is 19.7. The van der Waals surface area contributed by atoms with E-state index in [1.54, 1.807) is 4.90 Å². The number of rotatable bonds is 11. The van der Waals surface area contributed by atoms with E-state index in [1.807, 2.05) is 13.8 Å². The zero-order valence-corrected chi connectivity index (χ0v) is 19.2. The molecule has 5 heteroatoms. The molecule has 27 heavy (non-hydrogen) atoms. The van der Waals surface area contributed by atoms with Gasteiger partial charge in [0.15, 0.2) is 0 Å². The van der Waals surface area contributed by atoms with Gasteiger partial charge in [-0.25, -0.2) is 0 Å². The molecule has 1 aliphatic rings. The molecule has 0 bridgehead atoms. The molecule has 0 aliphatic carbocycles. The maximum Gasteiger partial charge on any atom is 0.316 e. The fraction of sp³-hybridized carbons (Fsp3) is 0.727. The molecule has 0 saturated carbocycles. The van der Waals surface area contributed by atoms with E-state index in [1.165, 1.54) is 0 Å². The Hall–Kier alpha value is -1.15.